The van der Waals surface area contributed by atoms with Crippen molar-refractivity contribution in [3.8, 4) is 11.1 Å². The summed E-state index contributed by atoms with van der Waals surface area (Å²) in [6, 6.07) is 6.94. The van der Waals surface area contributed by atoms with Crippen LogP contribution >= 0.6 is 27.9 Å². The van der Waals surface area contributed by atoms with E-state index in [-0.39, 0.29) is 5.82 Å². The summed E-state index contributed by atoms with van der Waals surface area (Å²) in [5, 5.41) is 8.81. The van der Waals surface area contributed by atoms with E-state index < -0.39 is 0 Å². The first-order valence-electron chi connectivity index (χ1n) is 11.3. The summed E-state index contributed by atoms with van der Waals surface area (Å²) in [5.74, 6) is 1.84. The molecular weight excluding hydrogens is 517 g/mol. The number of pyridine rings is 1. The Morgan fingerprint density at radius 1 is 1.32 bits per heavy atom. The summed E-state index contributed by atoms with van der Waals surface area (Å²) in [6.45, 7) is 7.07. The molecule has 10 heteroatoms. The van der Waals surface area contributed by atoms with Crippen molar-refractivity contribution < 1.29 is 4.39 Å². The van der Waals surface area contributed by atoms with Gasteiger partial charge in [0.25, 0.3) is 0 Å². The Bertz CT molecular complexity index is 1200. The predicted octanol–water partition coefficient (Wildman–Crippen LogP) is 5.16. The Kier molecular flexibility index (Phi) is 8.36. The van der Waals surface area contributed by atoms with Crippen molar-refractivity contribution in [1.82, 2.24) is 24.4 Å². The molecule has 3 aromatic rings. The molecule has 0 bridgehead atoms. The standard InChI is InChI=1S/C24H29BrFN7S/c1-3-34-32-8-6-20(7-9-32)28-13-16(2)31-24-21(15-30-33(24)23(27)12-25)18-10-17-11-19(26)4-5-22(17)29-14-18/h4-5,10-12,14-15,20,28H,3,6-9,13,27H2,1-2H3/b23-12+,31-16+. The minimum absolute atomic E-state index is 0.298. The number of hydrogen-bond donors (Lipinski definition) is 2. The highest BCUT2D eigenvalue weighted by Crippen LogP contribution is 2.33. The molecular formula is C24H29BrFN7S. The van der Waals surface area contributed by atoms with Gasteiger partial charge in [-0.05, 0) is 44.0 Å². The van der Waals surface area contributed by atoms with Crippen molar-refractivity contribution in [2.75, 3.05) is 25.4 Å². The first-order chi connectivity index (χ1) is 16.5. The van der Waals surface area contributed by atoms with Crippen molar-refractivity contribution in [1.29, 1.82) is 0 Å². The fraction of sp³-hybridized carbons (Fsp3) is 0.375. The van der Waals surface area contributed by atoms with Gasteiger partial charge in [-0.3, -0.25) is 9.29 Å². The van der Waals surface area contributed by atoms with Gasteiger partial charge in [-0.2, -0.15) is 9.78 Å². The Hall–Kier alpha value is -2.27. The lowest BCUT2D eigenvalue weighted by molar-refractivity contribution is 0.316. The number of aromatic nitrogens is 3. The van der Waals surface area contributed by atoms with Gasteiger partial charge >= 0.3 is 0 Å². The SMILES string of the molecule is CCSN1CCC(NC/C(C)=N/c2c(-c3cnc4ccc(F)cc4c3)cnn2/C(N)=C/Br)CC1. The number of piperidine rings is 1. The third kappa shape index (κ3) is 5.86. The molecule has 0 saturated carbocycles. The molecule has 34 heavy (non-hydrogen) atoms. The van der Waals surface area contributed by atoms with Gasteiger partial charge in [0.2, 0.25) is 0 Å². The smallest absolute Gasteiger partial charge is 0.165 e. The average molecular weight is 547 g/mol. The van der Waals surface area contributed by atoms with Crippen LogP contribution < -0.4 is 11.1 Å². The second kappa shape index (κ2) is 11.4. The lowest BCUT2D eigenvalue weighted by Crippen LogP contribution is -2.41. The molecule has 180 valence electrons. The van der Waals surface area contributed by atoms with Gasteiger partial charge < -0.3 is 11.1 Å². The summed E-state index contributed by atoms with van der Waals surface area (Å²) in [7, 11) is 0. The van der Waals surface area contributed by atoms with Crippen LogP contribution in [0.15, 0.2) is 46.6 Å². The molecule has 1 aromatic carbocycles. The number of nitrogens with two attached hydrogens (primary N) is 1. The zero-order valence-corrected chi connectivity index (χ0v) is 21.7. The Morgan fingerprint density at radius 2 is 2.12 bits per heavy atom. The lowest BCUT2D eigenvalue weighted by atomic mass is 10.1. The zero-order valence-electron chi connectivity index (χ0n) is 19.3. The molecule has 1 aliphatic rings. The first-order valence-corrected chi connectivity index (χ1v) is 13.2. The number of halogens is 2. The van der Waals surface area contributed by atoms with E-state index >= 15 is 0 Å². The minimum Gasteiger partial charge on any atom is -0.383 e. The van der Waals surface area contributed by atoms with Crippen molar-refractivity contribution in [3.63, 3.8) is 0 Å². The number of benzene rings is 1. The molecule has 4 rings (SSSR count). The van der Waals surface area contributed by atoms with Crippen molar-refractivity contribution >= 4 is 56.1 Å². The number of hydrogen-bond acceptors (Lipinski definition) is 7. The molecule has 3 N–H and O–H groups in total. The normalized spacial score (nSPS) is 16.5. The van der Waals surface area contributed by atoms with E-state index in [1.165, 1.54) is 12.1 Å². The van der Waals surface area contributed by atoms with E-state index in [0.717, 1.165) is 59.4 Å². The average Bonchev–Trinajstić information content (AvgIpc) is 3.26. The highest BCUT2D eigenvalue weighted by atomic mass is 79.9. The molecule has 0 aliphatic carbocycles. The zero-order chi connectivity index (χ0) is 24.1. The maximum Gasteiger partial charge on any atom is 0.165 e. The van der Waals surface area contributed by atoms with Crippen LogP contribution in [-0.4, -0.2) is 56.2 Å². The van der Waals surface area contributed by atoms with Gasteiger partial charge in [0, 0.05) is 64.8 Å². The number of nitrogens with one attached hydrogen (secondary N) is 1. The van der Waals surface area contributed by atoms with Crippen LogP contribution in [0.4, 0.5) is 10.2 Å². The van der Waals surface area contributed by atoms with Crippen molar-refractivity contribution in [2.45, 2.75) is 32.7 Å². The monoisotopic (exact) mass is 545 g/mol. The fourth-order valence-corrected chi connectivity index (χ4v) is 5.05. The second-order valence-electron chi connectivity index (χ2n) is 8.24. The maximum absolute atomic E-state index is 13.8. The fourth-order valence-electron chi connectivity index (χ4n) is 4.02. The van der Waals surface area contributed by atoms with Gasteiger partial charge in [0.05, 0.1) is 11.7 Å². The van der Waals surface area contributed by atoms with Crippen LogP contribution in [0.1, 0.15) is 26.7 Å². The van der Waals surface area contributed by atoms with E-state index in [1.54, 1.807) is 28.1 Å². The molecule has 0 spiro atoms. The summed E-state index contributed by atoms with van der Waals surface area (Å²) < 4.78 is 17.8. The number of rotatable bonds is 8. The van der Waals surface area contributed by atoms with E-state index in [0.29, 0.717) is 24.2 Å². The molecule has 0 amide bonds. The topological polar surface area (TPSA) is 84.4 Å². The highest BCUT2D eigenvalue weighted by Gasteiger charge is 2.19. The van der Waals surface area contributed by atoms with Crippen LogP contribution in [0.5, 0.6) is 0 Å². The predicted molar refractivity (Wildman–Crippen MR) is 144 cm³/mol. The van der Waals surface area contributed by atoms with Crippen LogP contribution in [0, 0.1) is 5.82 Å². The van der Waals surface area contributed by atoms with Crippen LogP contribution in [0.2, 0.25) is 0 Å². The van der Waals surface area contributed by atoms with Gasteiger partial charge in [-0.25, -0.2) is 9.38 Å². The van der Waals surface area contributed by atoms with Gasteiger partial charge in [-0.15, -0.1) is 0 Å². The van der Waals surface area contributed by atoms with E-state index in [4.69, 9.17) is 10.7 Å². The number of fused-ring (bicyclic) bond motifs is 1. The quantitative estimate of drug-likeness (QED) is 0.300. The number of nitrogens with zero attached hydrogens (tertiary/aromatic N) is 5. The molecule has 2 aromatic heterocycles. The Labute approximate surface area is 212 Å². The minimum atomic E-state index is -0.298. The third-order valence-corrected chi connectivity index (χ3v) is 7.22. The van der Waals surface area contributed by atoms with E-state index in [1.807, 2.05) is 24.9 Å². The Morgan fingerprint density at radius 3 is 2.85 bits per heavy atom. The summed E-state index contributed by atoms with van der Waals surface area (Å²) >= 11 is 5.20. The highest BCUT2D eigenvalue weighted by molar-refractivity contribution is 9.11. The molecule has 3 heterocycles. The first kappa shape index (κ1) is 24.8. The largest absolute Gasteiger partial charge is 0.383 e. The van der Waals surface area contributed by atoms with Crippen LogP contribution in [-0.2, 0) is 0 Å². The lowest BCUT2D eigenvalue weighted by Gasteiger charge is -2.31. The summed E-state index contributed by atoms with van der Waals surface area (Å²) in [6.07, 6.45) is 5.72. The van der Waals surface area contributed by atoms with Crippen molar-refractivity contribution in [2.24, 2.45) is 10.7 Å². The molecule has 7 nitrogen and oxygen atoms in total. The molecule has 0 radical (unpaired) electrons. The van der Waals surface area contributed by atoms with Gasteiger partial charge in [-0.1, -0.05) is 34.8 Å². The molecule has 0 unspecified atom stereocenters. The molecule has 0 atom stereocenters. The second-order valence-corrected chi connectivity index (χ2v) is 10.0. The van der Waals surface area contributed by atoms with Gasteiger partial charge in [0.15, 0.2) is 5.82 Å². The summed E-state index contributed by atoms with van der Waals surface area (Å²) in [4.78, 5) is 11.0. The maximum atomic E-state index is 13.8. The number of aliphatic imine (C=N–C) groups is 1. The van der Waals surface area contributed by atoms with Crippen LogP contribution in [0.25, 0.3) is 27.9 Å². The van der Waals surface area contributed by atoms with Gasteiger partial charge in [0.1, 0.15) is 11.6 Å². The molecule has 1 aliphatic heterocycles. The molecule has 1 fully saturated rings. The van der Waals surface area contributed by atoms with E-state index in [9.17, 15) is 4.39 Å². The Balaban J connectivity index is 1.57. The third-order valence-electron chi connectivity index (χ3n) is 5.76. The summed E-state index contributed by atoms with van der Waals surface area (Å²) in [5.41, 5.74) is 9.39. The van der Waals surface area contributed by atoms with Crippen LogP contribution in [0.3, 0.4) is 0 Å². The molecule has 1 saturated heterocycles. The van der Waals surface area contributed by atoms with E-state index in [2.05, 4.69) is 42.6 Å². The van der Waals surface area contributed by atoms with Crippen molar-refractivity contribution in [3.05, 3.63) is 47.5 Å².